The molecule has 0 aromatic heterocycles. The number of amides is 8. The van der Waals surface area contributed by atoms with Crippen LogP contribution in [-0.4, -0.2) is 122 Å². The quantitative estimate of drug-likeness (QED) is 0.0963. The van der Waals surface area contributed by atoms with Crippen molar-refractivity contribution in [1.29, 1.82) is 0 Å². The number of hydrogen-bond donors (Lipinski definition) is 14. The Labute approximate surface area is 269 Å². The zero-order valence-corrected chi connectivity index (χ0v) is 25.5. The van der Waals surface area contributed by atoms with Crippen molar-refractivity contribution in [2.24, 2.45) is 33.7 Å². The van der Waals surface area contributed by atoms with Gasteiger partial charge in [0.15, 0.2) is 5.96 Å². The van der Waals surface area contributed by atoms with Crippen molar-refractivity contribution in [2.75, 3.05) is 32.8 Å². The number of hydrogen-bond acceptors (Lipinski definition) is 14. The summed E-state index contributed by atoms with van der Waals surface area (Å²) in [5.74, 6) is -5.62. The highest BCUT2D eigenvalue weighted by Gasteiger charge is 2.35. The van der Waals surface area contributed by atoms with Crippen LogP contribution in [0.2, 0.25) is 0 Å². The van der Waals surface area contributed by atoms with E-state index in [-0.39, 0.29) is 25.3 Å². The Bertz CT molecular complexity index is 1240. The number of carbonyl (C=O) groups excluding carboxylic acids is 7. The molecule has 22 nitrogen and oxygen atoms in total. The number of aliphatic hydroxyl groups is 1. The average molecular weight is 669 g/mol. The van der Waals surface area contributed by atoms with Crippen molar-refractivity contribution in [1.82, 2.24) is 42.5 Å². The van der Waals surface area contributed by atoms with E-state index in [4.69, 9.17) is 28.7 Å². The highest BCUT2D eigenvalue weighted by atomic mass is 16.3. The number of primary amides is 1. The van der Waals surface area contributed by atoms with Gasteiger partial charge in [-0.15, -0.1) is 0 Å². The molecule has 0 aliphatic carbocycles. The normalized spacial score (nSPS) is 26.3. The Morgan fingerprint density at radius 2 is 1.72 bits per heavy atom. The van der Waals surface area contributed by atoms with Crippen LogP contribution in [-0.2, 0) is 28.8 Å². The van der Waals surface area contributed by atoms with E-state index >= 15 is 0 Å². The largest absolute Gasteiger partial charge is 0.394 e. The molecule has 2 aliphatic rings. The van der Waals surface area contributed by atoms with Crippen molar-refractivity contribution in [2.45, 2.75) is 61.9 Å². The van der Waals surface area contributed by atoms with Crippen LogP contribution in [0.3, 0.4) is 0 Å². The second kappa shape index (κ2) is 18.8. The van der Waals surface area contributed by atoms with Gasteiger partial charge in [-0.05, 0) is 25.8 Å². The van der Waals surface area contributed by atoms with Gasteiger partial charge in [-0.25, -0.2) is 4.79 Å². The van der Waals surface area contributed by atoms with Crippen LogP contribution >= 0.6 is 0 Å². The van der Waals surface area contributed by atoms with Gasteiger partial charge in [-0.1, -0.05) is 0 Å². The summed E-state index contributed by atoms with van der Waals surface area (Å²) in [5, 5.41) is 28.7. The molecule has 22 heteroatoms. The number of guanidine groups is 1. The number of nitrogens with two attached hydrogens (primary N) is 5. The van der Waals surface area contributed by atoms with E-state index < -0.39 is 103 Å². The molecular formula is C25H44N14O8. The third-order valence-electron chi connectivity index (χ3n) is 6.90. The van der Waals surface area contributed by atoms with E-state index in [0.717, 1.165) is 6.20 Å². The fourth-order valence-corrected chi connectivity index (χ4v) is 4.35. The second-order valence-electron chi connectivity index (χ2n) is 10.7. The topological polar surface area (TPSA) is 378 Å². The van der Waals surface area contributed by atoms with Crippen molar-refractivity contribution in [3.63, 3.8) is 0 Å². The maximum atomic E-state index is 13.5. The lowest BCUT2D eigenvalue weighted by Gasteiger charge is -2.31. The Morgan fingerprint density at radius 1 is 1.02 bits per heavy atom. The molecule has 0 unspecified atom stereocenters. The molecule has 2 aliphatic heterocycles. The number of nitrogens with zero attached hydrogens (tertiary/aromatic N) is 1. The lowest BCUT2D eigenvalue weighted by Crippen LogP contribution is -2.64. The van der Waals surface area contributed by atoms with E-state index in [0.29, 0.717) is 19.4 Å². The maximum absolute atomic E-state index is 13.5. The van der Waals surface area contributed by atoms with E-state index in [1.165, 1.54) is 0 Å². The minimum Gasteiger partial charge on any atom is -0.394 e. The lowest BCUT2D eigenvalue weighted by molar-refractivity contribution is -0.134. The van der Waals surface area contributed by atoms with Gasteiger partial charge in [0, 0.05) is 38.3 Å². The van der Waals surface area contributed by atoms with E-state index in [1.54, 1.807) is 0 Å². The molecule has 0 bridgehead atoms. The maximum Gasteiger partial charge on any atom is 0.316 e. The first kappa shape index (κ1) is 38.1. The smallest absolute Gasteiger partial charge is 0.316 e. The third kappa shape index (κ3) is 12.7. The minimum absolute atomic E-state index is 0.0120. The molecule has 0 aromatic rings. The summed E-state index contributed by atoms with van der Waals surface area (Å²) in [5.41, 5.74) is 27.6. The van der Waals surface area contributed by atoms with Gasteiger partial charge < -0.3 is 76.3 Å². The SMILES string of the molecule is NCCC[C@@H](N)CC(=O)NC[C@@H]1NC(=O)[C@@H](CO)NC(=O)[C@@H](N)CNC(=O)[C@H]([C@H]2CCN=C(N)N2)NC(=O)/C(=C/NC(N)=O)NC1=O. The molecule has 0 saturated carbocycles. The Kier molecular flexibility index (Phi) is 15.2. The summed E-state index contributed by atoms with van der Waals surface area (Å²) >= 11 is 0. The fourth-order valence-electron chi connectivity index (χ4n) is 4.35. The number of carbonyl (C=O) groups is 7. The molecule has 1 fully saturated rings. The van der Waals surface area contributed by atoms with Gasteiger partial charge in [0.1, 0.15) is 29.9 Å². The molecule has 47 heavy (non-hydrogen) atoms. The van der Waals surface area contributed by atoms with E-state index in [2.05, 4.69) is 42.2 Å². The van der Waals surface area contributed by atoms with Crippen LogP contribution < -0.4 is 71.2 Å². The Balaban J connectivity index is 2.45. The highest BCUT2D eigenvalue weighted by Crippen LogP contribution is 2.07. The van der Waals surface area contributed by atoms with Crippen molar-refractivity contribution >= 4 is 47.4 Å². The van der Waals surface area contributed by atoms with Gasteiger partial charge in [0.2, 0.25) is 29.5 Å². The van der Waals surface area contributed by atoms with E-state index in [1.807, 2.05) is 5.32 Å². The number of aliphatic imine (C=N–C) groups is 1. The summed E-state index contributed by atoms with van der Waals surface area (Å²) in [4.78, 5) is 93.9. The predicted octanol–water partition coefficient (Wildman–Crippen LogP) is -8.23. The zero-order chi connectivity index (χ0) is 35.1. The van der Waals surface area contributed by atoms with Crippen LogP contribution in [0.4, 0.5) is 4.79 Å². The lowest BCUT2D eigenvalue weighted by atomic mass is 10.0. The average Bonchev–Trinajstić information content (AvgIpc) is 3.02. The fraction of sp³-hybridized carbons (Fsp3) is 0.600. The molecule has 8 amide bonds. The predicted molar refractivity (Wildman–Crippen MR) is 165 cm³/mol. The summed E-state index contributed by atoms with van der Waals surface area (Å²) in [6, 6.07) is -8.54. The first-order valence-corrected chi connectivity index (χ1v) is 14.7. The summed E-state index contributed by atoms with van der Waals surface area (Å²) < 4.78 is 0. The van der Waals surface area contributed by atoms with Crippen molar-refractivity contribution < 1.29 is 38.7 Å². The Hall–Kier alpha value is -5.06. The molecule has 1 saturated heterocycles. The monoisotopic (exact) mass is 668 g/mol. The van der Waals surface area contributed by atoms with Gasteiger partial charge in [-0.3, -0.25) is 33.8 Å². The molecule has 0 aromatic carbocycles. The molecule has 2 rings (SSSR count). The molecule has 2 heterocycles. The van der Waals surface area contributed by atoms with Gasteiger partial charge in [0.25, 0.3) is 5.91 Å². The number of aliphatic hydroxyl groups excluding tert-OH is 1. The summed E-state index contributed by atoms with van der Waals surface area (Å²) in [6.07, 6.45) is 1.86. The number of rotatable bonds is 10. The van der Waals surface area contributed by atoms with Gasteiger partial charge >= 0.3 is 6.03 Å². The first-order valence-electron chi connectivity index (χ1n) is 14.7. The van der Waals surface area contributed by atoms with Crippen molar-refractivity contribution in [3.05, 3.63) is 11.9 Å². The summed E-state index contributed by atoms with van der Waals surface area (Å²) in [7, 11) is 0. The second-order valence-corrected chi connectivity index (χ2v) is 10.7. The van der Waals surface area contributed by atoms with Gasteiger partial charge in [-0.2, -0.15) is 0 Å². The number of nitrogens with one attached hydrogen (secondary N) is 8. The van der Waals surface area contributed by atoms with Crippen LogP contribution in [0.25, 0.3) is 0 Å². The minimum atomic E-state index is -1.63. The highest BCUT2D eigenvalue weighted by molar-refractivity contribution is 6.02. The number of urea groups is 1. The Morgan fingerprint density at radius 3 is 2.36 bits per heavy atom. The first-order chi connectivity index (χ1) is 22.2. The zero-order valence-electron chi connectivity index (χ0n) is 25.5. The molecule has 0 spiro atoms. The van der Waals surface area contributed by atoms with Gasteiger partial charge in [0.05, 0.1) is 12.6 Å². The van der Waals surface area contributed by atoms with Crippen LogP contribution in [0.1, 0.15) is 25.7 Å². The molecule has 19 N–H and O–H groups in total. The molecule has 6 atom stereocenters. The third-order valence-corrected chi connectivity index (χ3v) is 6.90. The summed E-state index contributed by atoms with van der Waals surface area (Å²) in [6.45, 7) is -1.36. The van der Waals surface area contributed by atoms with Crippen LogP contribution in [0, 0.1) is 0 Å². The molecular weight excluding hydrogens is 624 g/mol. The van der Waals surface area contributed by atoms with Crippen LogP contribution in [0.15, 0.2) is 16.9 Å². The van der Waals surface area contributed by atoms with E-state index in [9.17, 15) is 38.7 Å². The molecule has 262 valence electrons. The van der Waals surface area contributed by atoms with Crippen molar-refractivity contribution in [3.8, 4) is 0 Å². The molecule has 0 radical (unpaired) electrons. The standard InChI is InChI=1S/C25H44N14O8/c26-4-1-2-11(27)6-17(41)32-8-14-20(43)35-15(9-34-25(30)47)21(44)39-18(13-3-5-31-24(29)38-13)23(46)33-7-12(28)19(42)37-16(10-40)22(45)36-14/h9,11-14,16,18,40H,1-8,10,26-28H2,(H,32,41)(H,33,46)(H,35,43)(H,36,45)(H,37,42)(H,39,44)(H3,29,31,38)(H3,30,34,47)/b15-9-/t11-,12+,13-,14+,16-,18+/m1/s1. The van der Waals surface area contributed by atoms with Crippen LogP contribution in [0.5, 0.6) is 0 Å².